The molecular formula is C18H23F2N3O3. The molecule has 2 fully saturated rings. The van der Waals surface area contributed by atoms with Gasteiger partial charge in [0.25, 0.3) is 0 Å². The van der Waals surface area contributed by atoms with Gasteiger partial charge in [-0.2, -0.15) is 0 Å². The van der Waals surface area contributed by atoms with Crippen LogP contribution in [0, 0.1) is 17.0 Å². The second-order valence-corrected chi connectivity index (χ2v) is 7.30. The van der Waals surface area contributed by atoms with E-state index >= 15 is 0 Å². The fourth-order valence-electron chi connectivity index (χ4n) is 3.54. The summed E-state index contributed by atoms with van der Waals surface area (Å²) >= 11 is 0. The molecule has 2 aliphatic rings. The first-order valence-corrected chi connectivity index (χ1v) is 8.83. The molecule has 2 amide bonds. The molecule has 0 aromatic heterocycles. The van der Waals surface area contributed by atoms with E-state index in [1.165, 1.54) is 4.90 Å². The molecule has 3 rings (SSSR count). The number of halogens is 2. The highest BCUT2D eigenvalue weighted by atomic mass is 19.2. The zero-order chi connectivity index (χ0) is 18.9. The van der Waals surface area contributed by atoms with E-state index in [-0.39, 0.29) is 12.2 Å². The molecule has 8 heteroatoms. The van der Waals surface area contributed by atoms with Gasteiger partial charge >= 0.3 is 12.0 Å². The number of anilines is 2. The molecular weight excluding hydrogens is 344 g/mol. The average molecular weight is 367 g/mol. The van der Waals surface area contributed by atoms with Gasteiger partial charge in [-0.15, -0.1) is 0 Å². The zero-order valence-electron chi connectivity index (χ0n) is 14.7. The minimum absolute atomic E-state index is 0.0802. The number of aliphatic carboxylic acids is 1. The van der Waals surface area contributed by atoms with E-state index in [1.54, 1.807) is 6.92 Å². The summed E-state index contributed by atoms with van der Waals surface area (Å²) in [6.07, 6.45) is 3.35. The van der Waals surface area contributed by atoms with Crippen LogP contribution in [0.1, 0.15) is 32.6 Å². The van der Waals surface area contributed by atoms with Gasteiger partial charge in [-0.25, -0.2) is 13.6 Å². The standard InChI is InChI=1S/C18H23F2N3O3/c1-18(16(24)25)5-8-23(11-18)17(26)21-14-9-12(19)13(20)10-15(14)22-6-3-2-4-7-22/h9-10H,2-8,11H2,1H3,(H,21,26)(H,24,25). The molecule has 142 valence electrons. The Morgan fingerprint density at radius 2 is 1.77 bits per heavy atom. The SMILES string of the molecule is CC1(C(=O)O)CCN(C(=O)Nc2cc(F)c(F)cc2N2CCCCC2)C1. The van der Waals surface area contributed by atoms with Gasteiger partial charge < -0.3 is 20.2 Å². The Hall–Kier alpha value is -2.38. The van der Waals surface area contributed by atoms with Crippen molar-refractivity contribution in [3.8, 4) is 0 Å². The van der Waals surface area contributed by atoms with Crippen LogP contribution in [0.2, 0.25) is 0 Å². The highest BCUT2D eigenvalue weighted by molar-refractivity contribution is 5.94. The maximum atomic E-state index is 13.8. The van der Waals surface area contributed by atoms with E-state index in [4.69, 9.17) is 0 Å². The number of likely N-dealkylation sites (tertiary alicyclic amines) is 1. The van der Waals surface area contributed by atoms with E-state index in [2.05, 4.69) is 5.32 Å². The Kier molecular flexibility index (Phi) is 5.02. The van der Waals surface area contributed by atoms with Gasteiger partial charge in [-0.05, 0) is 32.6 Å². The van der Waals surface area contributed by atoms with E-state index in [1.807, 2.05) is 4.90 Å². The normalized spacial score (nSPS) is 23.2. The first-order chi connectivity index (χ1) is 12.3. The summed E-state index contributed by atoms with van der Waals surface area (Å²) in [4.78, 5) is 27.2. The summed E-state index contributed by atoms with van der Waals surface area (Å²) in [5.41, 5.74) is -0.321. The zero-order valence-corrected chi connectivity index (χ0v) is 14.7. The number of carboxylic acid groups (broad SMARTS) is 1. The molecule has 0 saturated carbocycles. The van der Waals surface area contributed by atoms with Gasteiger partial charge in [0.2, 0.25) is 0 Å². The van der Waals surface area contributed by atoms with Gasteiger partial charge in [-0.3, -0.25) is 4.79 Å². The summed E-state index contributed by atoms with van der Waals surface area (Å²) in [6.45, 7) is 3.41. The molecule has 0 bridgehead atoms. The maximum absolute atomic E-state index is 13.8. The van der Waals surface area contributed by atoms with Crippen molar-refractivity contribution >= 4 is 23.4 Å². The summed E-state index contributed by atoms with van der Waals surface area (Å²) in [7, 11) is 0. The Morgan fingerprint density at radius 1 is 1.12 bits per heavy atom. The Balaban J connectivity index is 1.79. The number of amides is 2. The number of benzene rings is 1. The molecule has 2 N–H and O–H groups in total. The van der Waals surface area contributed by atoms with Crippen LogP contribution in [0.15, 0.2) is 12.1 Å². The summed E-state index contributed by atoms with van der Waals surface area (Å²) in [5, 5.41) is 11.9. The average Bonchev–Trinajstić information content (AvgIpc) is 3.03. The van der Waals surface area contributed by atoms with Gasteiger partial charge in [0, 0.05) is 38.3 Å². The number of urea groups is 1. The van der Waals surface area contributed by atoms with Gasteiger partial charge in [0.1, 0.15) is 0 Å². The van der Waals surface area contributed by atoms with Crippen LogP contribution in [-0.2, 0) is 4.79 Å². The topological polar surface area (TPSA) is 72.9 Å². The minimum Gasteiger partial charge on any atom is -0.481 e. The number of nitrogens with zero attached hydrogens (tertiary/aromatic N) is 2. The van der Waals surface area contributed by atoms with Crippen LogP contribution in [0.4, 0.5) is 25.0 Å². The first kappa shape index (κ1) is 18.4. The van der Waals surface area contributed by atoms with E-state index in [0.29, 0.717) is 18.7 Å². The molecule has 1 aromatic carbocycles. The molecule has 0 spiro atoms. The number of nitrogens with one attached hydrogen (secondary N) is 1. The lowest BCUT2D eigenvalue weighted by atomic mass is 9.90. The Bertz CT molecular complexity index is 722. The Labute approximate surface area is 150 Å². The number of hydrogen-bond acceptors (Lipinski definition) is 3. The number of carboxylic acids is 1. The molecule has 0 aliphatic carbocycles. The van der Waals surface area contributed by atoms with Crippen molar-refractivity contribution in [3.63, 3.8) is 0 Å². The second-order valence-electron chi connectivity index (χ2n) is 7.30. The number of hydrogen-bond donors (Lipinski definition) is 2. The molecule has 1 aromatic rings. The lowest BCUT2D eigenvalue weighted by Crippen LogP contribution is -2.38. The third kappa shape index (κ3) is 3.59. The molecule has 2 heterocycles. The van der Waals surface area contributed by atoms with Crippen LogP contribution >= 0.6 is 0 Å². The van der Waals surface area contributed by atoms with Crippen molar-refractivity contribution in [2.24, 2.45) is 5.41 Å². The lowest BCUT2D eigenvalue weighted by molar-refractivity contribution is -0.146. The van der Waals surface area contributed by atoms with Crippen LogP contribution in [0.5, 0.6) is 0 Å². The summed E-state index contributed by atoms with van der Waals surface area (Å²) < 4.78 is 27.5. The van der Waals surface area contributed by atoms with Crippen LogP contribution in [-0.4, -0.2) is 48.2 Å². The van der Waals surface area contributed by atoms with E-state index in [9.17, 15) is 23.5 Å². The summed E-state index contributed by atoms with van der Waals surface area (Å²) in [5.74, 6) is -2.93. The smallest absolute Gasteiger partial charge is 0.321 e. The van der Waals surface area contributed by atoms with Crippen molar-refractivity contribution < 1.29 is 23.5 Å². The summed E-state index contributed by atoms with van der Waals surface area (Å²) in [6, 6.07) is 1.60. The van der Waals surface area contributed by atoms with Crippen molar-refractivity contribution in [1.29, 1.82) is 0 Å². The molecule has 1 unspecified atom stereocenters. The maximum Gasteiger partial charge on any atom is 0.321 e. The quantitative estimate of drug-likeness (QED) is 0.860. The van der Waals surface area contributed by atoms with Crippen molar-refractivity contribution in [2.75, 3.05) is 36.4 Å². The van der Waals surface area contributed by atoms with Gasteiger partial charge in [0.15, 0.2) is 11.6 Å². The molecule has 0 radical (unpaired) electrons. The molecule has 26 heavy (non-hydrogen) atoms. The fraction of sp³-hybridized carbons (Fsp3) is 0.556. The van der Waals surface area contributed by atoms with Gasteiger partial charge in [-0.1, -0.05) is 0 Å². The van der Waals surface area contributed by atoms with E-state index in [0.717, 1.165) is 44.5 Å². The van der Waals surface area contributed by atoms with Crippen molar-refractivity contribution in [3.05, 3.63) is 23.8 Å². The van der Waals surface area contributed by atoms with Gasteiger partial charge in [0.05, 0.1) is 16.8 Å². The van der Waals surface area contributed by atoms with Crippen molar-refractivity contribution in [1.82, 2.24) is 4.90 Å². The van der Waals surface area contributed by atoms with Crippen molar-refractivity contribution in [2.45, 2.75) is 32.6 Å². The van der Waals surface area contributed by atoms with Crippen LogP contribution in [0.25, 0.3) is 0 Å². The third-order valence-corrected chi connectivity index (χ3v) is 5.25. The molecule has 1 atom stereocenters. The number of rotatable bonds is 3. The number of carbonyl (C=O) groups excluding carboxylic acids is 1. The van der Waals surface area contributed by atoms with E-state index < -0.39 is 29.0 Å². The number of carbonyl (C=O) groups is 2. The highest BCUT2D eigenvalue weighted by Crippen LogP contribution is 2.33. The molecule has 6 nitrogen and oxygen atoms in total. The van der Waals surface area contributed by atoms with Crippen LogP contribution in [0.3, 0.4) is 0 Å². The molecule has 2 saturated heterocycles. The predicted octanol–water partition coefficient (Wildman–Crippen LogP) is 3.28. The highest BCUT2D eigenvalue weighted by Gasteiger charge is 2.42. The monoisotopic (exact) mass is 367 g/mol. The second kappa shape index (κ2) is 7.09. The number of piperidine rings is 1. The van der Waals surface area contributed by atoms with Crippen LogP contribution < -0.4 is 10.2 Å². The first-order valence-electron chi connectivity index (χ1n) is 8.83. The fourth-order valence-corrected chi connectivity index (χ4v) is 3.54. The third-order valence-electron chi connectivity index (χ3n) is 5.25. The lowest BCUT2D eigenvalue weighted by Gasteiger charge is -2.31. The minimum atomic E-state index is -1.03. The molecule has 2 aliphatic heterocycles. The largest absolute Gasteiger partial charge is 0.481 e. The Morgan fingerprint density at radius 3 is 2.38 bits per heavy atom. The predicted molar refractivity (Wildman–Crippen MR) is 93.4 cm³/mol.